The monoisotopic (exact) mass is 264 g/mol. The van der Waals surface area contributed by atoms with Crippen LogP contribution in [0.1, 0.15) is 45.4 Å². The van der Waals surface area contributed by atoms with Crippen molar-refractivity contribution in [1.29, 1.82) is 0 Å². The van der Waals surface area contributed by atoms with Crippen molar-refractivity contribution >= 4 is 5.82 Å². The highest BCUT2D eigenvalue weighted by Crippen LogP contribution is 2.17. The highest BCUT2D eigenvalue weighted by atomic mass is 16.1. The standard InChI is InChI=1S/C14H24N4O/c1-9(2)14-17-12(7-13(19)18-14)16-10(3)11-5-4-6-15-8-11/h7,9-11,15H,4-6,8H2,1-3H3,(H2,16,17,18,19). The molecule has 2 unspecified atom stereocenters. The molecule has 1 fully saturated rings. The van der Waals surface area contributed by atoms with Crippen molar-refractivity contribution in [2.45, 2.75) is 45.6 Å². The Bertz CT molecular complexity index is 463. The molecule has 1 aromatic rings. The summed E-state index contributed by atoms with van der Waals surface area (Å²) in [4.78, 5) is 18.9. The van der Waals surface area contributed by atoms with Crippen LogP contribution in [0.4, 0.5) is 5.82 Å². The van der Waals surface area contributed by atoms with Crippen LogP contribution in [0.2, 0.25) is 0 Å². The number of aromatic nitrogens is 2. The van der Waals surface area contributed by atoms with E-state index in [4.69, 9.17) is 0 Å². The first-order valence-electron chi connectivity index (χ1n) is 7.15. The van der Waals surface area contributed by atoms with Gasteiger partial charge in [0, 0.05) is 18.0 Å². The van der Waals surface area contributed by atoms with Crippen molar-refractivity contribution in [2.24, 2.45) is 5.92 Å². The summed E-state index contributed by atoms with van der Waals surface area (Å²) >= 11 is 0. The number of rotatable bonds is 4. The quantitative estimate of drug-likeness (QED) is 0.774. The number of piperidine rings is 1. The van der Waals surface area contributed by atoms with Gasteiger partial charge >= 0.3 is 0 Å². The van der Waals surface area contributed by atoms with E-state index in [0.717, 1.165) is 18.9 Å². The van der Waals surface area contributed by atoms with Crippen molar-refractivity contribution in [1.82, 2.24) is 15.3 Å². The summed E-state index contributed by atoms with van der Waals surface area (Å²) < 4.78 is 0. The molecule has 3 N–H and O–H groups in total. The fourth-order valence-corrected chi connectivity index (χ4v) is 2.48. The minimum absolute atomic E-state index is 0.0878. The Labute approximate surface area is 114 Å². The van der Waals surface area contributed by atoms with E-state index < -0.39 is 0 Å². The van der Waals surface area contributed by atoms with Gasteiger partial charge in [0.25, 0.3) is 5.56 Å². The normalized spacial score (nSPS) is 21.4. The van der Waals surface area contributed by atoms with Crippen molar-refractivity contribution < 1.29 is 0 Å². The van der Waals surface area contributed by atoms with Crippen LogP contribution in [0, 0.1) is 5.92 Å². The number of nitrogens with one attached hydrogen (secondary N) is 3. The third kappa shape index (κ3) is 3.80. The molecule has 106 valence electrons. The van der Waals surface area contributed by atoms with Gasteiger partial charge in [-0.25, -0.2) is 4.98 Å². The highest BCUT2D eigenvalue weighted by Gasteiger charge is 2.20. The zero-order chi connectivity index (χ0) is 13.8. The van der Waals surface area contributed by atoms with Crippen molar-refractivity contribution in [3.63, 3.8) is 0 Å². The van der Waals surface area contributed by atoms with Gasteiger partial charge in [0.05, 0.1) is 0 Å². The maximum atomic E-state index is 11.6. The molecule has 1 aliphatic rings. The number of aromatic amines is 1. The molecule has 0 aliphatic carbocycles. The molecule has 0 aromatic carbocycles. The first kappa shape index (κ1) is 14.1. The molecule has 1 aliphatic heterocycles. The molecule has 0 bridgehead atoms. The van der Waals surface area contributed by atoms with E-state index >= 15 is 0 Å². The van der Waals surface area contributed by atoms with Crippen molar-refractivity contribution in [3.8, 4) is 0 Å². The summed E-state index contributed by atoms with van der Waals surface area (Å²) in [5.74, 6) is 2.24. The van der Waals surface area contributed by atoms with Crippen LogP contribution in [0.3, 0.4) is 0 Å². The van der Waals surface area contributed by atoms with Crippen LogP contribution >= 0.6 is 0 Å². The van der Waals surface area contributed by atoms with E-state index in [1.807, 2.05) is 13.8 Å². The van der Waals surface area contributed by atoms with E-state index in [1.54, 1.807) is 6.07 Å². The number of hydrogen-bond acceptors (Lipinski definition) is 4. The molecule has 0 radical (unpaired) electrons. The fourth-order valence-electron chi connectivity index (χ4n) is 2.48. The SMILES string of the molecule is CC(C)c1nc(NC(C)C2CCCNC2)cc(=O)[nH]1. The molecule has 2 atom stereocenters. The van der Waals surface area contributed by atoms with Gasteiger partial charge in [-0.05, 0) is 38.8 Å². The summed E-state index contributed by atoms with van der Waals surface area (Å²) in [5, 5.41) is 6.79. The molecular formula is C14H24N4O. The van der Waals surface area contributed by atoms with Crippen LogP contribution < -0.4 is 16.2 Å². The molecule has 5 nitrogen and oxygen atoms in total. The van der Waals surface area contributed by atoms with E-state index in [2.05, 4.69) is 27.5 Å². The number of hydrogen-bond donors (Lipinski definition) is 3. The van der Waals surface area contributed by atoms with Gasteiger partial charge in [-0.15, -0.1) is 0 Å². The van der Waals surface area contributed by atoms with Crippen molar-refractivity contribution in [2.75, 3.05) is 18.4 Å². The first-order chi connectivity index (χ1) is 9.06. The number of anilines is 1. The van der Waals surface area contributed by atoms with Gasteiger partial charge in [0.2, 0.25) is 0 Å². The summed E-state index contributed by atoms with van der Waals surface area (Å²) in [6.45, 7) is 8.36. The van der Waals surface area contributed by atoms with Crippen LogP contribution in [0.5, 0.6) is 0 Å². The Balaban J connectivity index is 2.07. The highest BCUT2D eigenvalue weighted by molar-refractivity contribution is 5.34. The van der Waals surface area contributed by atoms with Crippen molar-refractivity contribution in [3.05, 3.63) is 22.2 Å². The number of nitrogens with zero attached hydrogens (tertiary/aromatic N) is 1. The van der Waals surface area contributed by atoms with Crippen LogP contribution in [0.15, 0.2) is 10.9 Å². The average molecular weight is 264 g/mol. The molecule has 0 amide bonds. The molecule has 19 heavy (non-hydrogen) atoms. The molecule has 2 heterocycles. The Morgan fingerprint density at radius 3 is 2.84 bits per heavy atom. The van der Waals surface area contributed by atoms with E-state index in [0.29, 0.717) is 17.8 Å². The lowest BCUT2D eigenvalue weighted by molar-refractivity contribution is 0.346. The van der Waals surface area contributed by atoms with E-state index in [1.165, 1.54) is 12.8 Å². The molecular weight excluding hydrogens is 240 g/mol. The third-order valence-corrected chi connectivity index (χ3v) is 3.72. The lowest BCUT2D eigenvalue weighted by atomic mass is 9.93. The second-order valence-electron chi connectivity index (χ2n) is 5.71. The Hall–Kier alpha value is -1.36. The summed E-state index contributed by atoms with van der Waals surface area (Å²) in [6, 6.07) is 1.86. The van der Waals surface area contributed by atoms with Crippen LogP contribution in [-0.4, -0.2) is 29.1 Å². The smallest absolute Gasteiger partial charge is 0.252 e. The summed E-state index contributed by atoms with van der Waals surface area (Å²) in [7, 11) is 0. The number of H-pyrrole nitrogens is 1. The van der Waals surface area contributed by atoms with Gasteiger partial charge in [-0.1, -0.05) is 13.8 Å². The maximum absolute atomic E-state index is 11.6. The topological polar surface area (TPSA) is 69.8 Å². The molecule has 2 rings (SSSR count). The molecule has 0 saturated carbocycles. The maximum Gasteiger partial charge on any atom is 0.252 e. The average Bonchev–Trinajstić information content (AvgIpc) is 2.39. The third-order valence-electron chi connectivity index (χ3n) is 3.72. The molecule has 1 aromatic heterocycles. The lowest BCUT2D eigenvalue weighted by Crippen LogP contribution is -2.39. The fraction of sp³-hybridized carbons (Fsp3) is 0.714. The lowest BCUT2D eigenvalue weighted by Gasteiger charge is -2.29. The first-order valence-corrected chi connectivity index (χ1v) is 7.15. The molecule has 0 spiro atoms. The minimum Gasteiger partial charge on any atom is -0.367 e. The summed E-state index contributed by atoms with van der Waals surface area (Å²) in [6.07, 6.45) is 2.44. The largest absolute Gasteiger partial charge is 0.367 e. The Morgan fingerprint density at radius 1 is 1.42 bits per heavy atom. The van der Waals surface area contributed by atoms with Gasteiger partial charge < -0.3 is 15.6 Å². The van der Waals surface area contributed by atoms with Crippen LogP contribution in [0.25, 0.3) is 0 Å². The van der Waals surface area contributed by atoms with Gasteiger partial charge in [-0.3, -0.25) is 4.79 Å². The predicted octanol–water partition coefficient (Wildman–Crippen LogP) is 1.69. The summed E-state index contributed by atoms with van der Waals surface area (Å²) in [5.41, 5.74) is -0.0878. The van der Waals surface area contributed by atoms with Gasteiger partial charge in [-0.2, -0.15) is 0 Å². The zero-order valence-electron chi connectivity index (χ0n) is 12.0. The molecule has 1 saturated heterocycles. The zero-order valence-corrected chi connectivity index (χ0v) is 12.0. The van der Waals surface area contributed by atoms with E-state index in [-0.39, 0.29) is 11.5 Å². The van der Waals surface area contributed by atoms with Crippen LogP contribution in [-0.2, 0) is 0 Å². The Morgan fingerprint density at radius 2 is 2.21 bits per heavy atom. The molecule has 5 heteroatoms. The van der Waals surface area contributed by atoms with Gasteiger partial charge in [0.15, 0.2) is 0 Å². The predicted molar refractivity (Wildman–Crippen MR) is 77.6 cm³/mol. The Kier molecular flexibility index (Phi) is 4.58. The van der Waals surface area contributed by atoms with E-state index in [9.17, 15) is 4.79 Å². The van der Waals surface area contributed by atoms with Gasteiger partial charge in [0.1, 0.15) is 11.6 Å². The second kappa shape index (κ2) is 6.19. The second-order valence-corrected chi connectivity index (χ2v) is 5.71. The minimum atomic E-state index is -0.0878.